The number of hydrogen-bond donors (Lipinski definition) is 0. The van der Waals surface area contributed by atoms with Crippen LogP contribution >= 0.6 is 0 Å². The number of nitrogens with zero attached hydrogens (tertiary/aromatic N) is 5. The molecule has 1 amide bonds. The van der Waals surface area contributed by atoms with E-state index in [1.165, 1.54) is 12.4 Å². The molecule has 0 N–H and O–H groups in total. The van der Waals surface area contributed by atoms with Crippen LogP contribution in [0.25, 0.3) is 0 Å². The lowest BCUT2D eigenvalue weighted by Gasteiger charge is -2.33. The van der Waals surface area contributed by atoms with Crippen LogP contribution in [0.3, 0.4) is 0 Å². The van der Waals surface area contributed by atoms with E-state index in [9.17, 15) is 4.79 Å². The Bertz CT molecular complexity index is 677. The molecule has 2 aromatic rings. The third kappa shape index (κ3) is 3.45. The average molecular weight is 313 g/mol. The maximum atomic E-state index is 12.5. The Labute approximate surface area is 134 Å². The highest BCUT2D eigenvalue weighted by atomic mass is 16.5. The van der Waals surface area contributed by atoms with Crippen molar-refractivity contribution in [3.63, 3.8) is 0 Å². The summed E-state index contributed by atoms with van der Waals surface area (Å²) < 4.78 is 5.81. The minimum absolute atomic E-state index is 0.0584. The number of amides is 1. The van der Waals surface area contributed by atoms with Gasteiger partial charge >= 0.3 is 0 Å². The molecule has 1 saturated heterocycles. The standard InChI is InChI=1S/C16H19N5O2/c1-20(2)15-5-3-4-13(19-15)14-11-21(8-9-23-14)16(22)12-6-7-17-18-10-12/h3-7,10,14H,8-9,11H2,1-2H3/t14-/m0/s1. The monoisotopic (exact) mass is 313 g/mol. The molecule has 120 valence electrons. The molecule has 1 aliphatic heterocycles. The fourth-order valence-electron chi connectivity index (χ4n) is 2.48. The van der Waals surface area contributed by atoms with Crippen molar-refractivity contribution in [2.75, 3.05) is 38.7 Å². The van der Waals surface area contributed by atoms with Gasteiger partial charge < -0.3 is 14.5 Å². The first-order chi connectivity index (χ1) is 11.1. The van der Waals surface area contributed by atoms with Gasteiger partial charge in [-0.05, 0) is 18.2 Å². The summed E-state index contributed by atoms with van der Waals surface area (Å²) in [6, 6.07) is 7.50. The molecule has 0 aliphatic carbocycles. The van der Waals surface area contributed by atoms with Crippen LogP contribution in [-0.2, 0) is 4.74 Å². The van der Waals surface area contributed by atoms with Crippen LogP contribution in [0.2, 0.25) is 0 Å². The van der Waals surface area contributed by atoms with Gasteiger partial charge in [-0.15, -0.1) is 0 Å². The van der Waals surface area contributed by atoms with E-state index in [1.807, 2.05) is 37.2 Å². The lowest BCUT2D eigenvalue weighted by molar-refractivity contribution is -0.0247. The van der Waals surface area contributed by atoms with Gasteiger partial charge in [-0.25, -0.2) is 4.98 Å². The SMILES string of the molecule is CN(C)c1cccc([C@@H]2CN(C(=O)c3ccnnc3)CCO2)n1. The third-order valence-corrected chi connectivity index (χ3v) is 3.73. The van der Waals surface area contributed by atoms with Crippen molar-refractivity contribution >= 4 is 11.7 Å². The molecule has 7 heteroatoms. The molecule has 1 atom stereocenters. The number of rotatable bonds is 3. The second-order valence-electron chi connectivity index (χ2n) is 5.56. The third-order valence-electron chi connectivity index (χ3n) is 3.73. The molecule has 1 aliphatic rings. The first-order valence-corrected chi connectivity index (χ1v) is 7.47. The molecular weight excluding hydrogens is 294 g/mol. The second kappa shape index (κ2) is 6.70. The van der Waals surface area contributed by atoms with Crippen molar-refractivity contribution in [1.82, 2.24) is 20.1 Å². The van der Waals surface area contributed by atoms with Crippen LogP contribution < -0.4 is 4.90 Å². The van der Waals surface area contributed by atoms with Crippen molar-refractivity contribution in [2.45, 2.75) is 6.10 Å². The average Bonchev–Trinajstić information content (AvgIpc) is 2.62. The maximum absolute atomic E-state index is 12.5. The number of ether oxygens (including phenoxy) is 1. The number of anilines is 1. The molecular formula is C16H19N5O2. The summed E-state index contributed by atoms with van der Waals surface area (Å²) in [5, 5.41) is 7.46. The number of morpholine rings is 1. The Kier molecular flexibility index (Phi) is 4.47. The lowest BCUT2D eigenvalue weighted by Crippen LogP contribution is -2.42. The largest absolute Gasteiger partial charge is 0.368 e. The van der Waals surface area contributed by atoms with Gasteiger partial charge in [-0.3, -0.25) is 4.79 Å². The molecule has 1 fully saturated rings. The summed E-state index contributed by atoms with van der Waals surface area (Å²) in [6.45, 7) is 1.53. The van der Waals surface area contributed by atoms with E-state index < -0.39 is 0 Å². The summed E-state index contributed by atoms with van der Waals surface area (Å²) in [4.78, 5) is 20.8. The van der Waals surface area contributed by atoms with Crippen molar-refractivity contribution in [1.29, 1.82) is 0 Å². The molecule has 0 unspecified atom stereocenters. The Morgan fingerprint density at radius 3 is 2.91 bits per heavy atom. The zero-order chi connectivity index (χ0) is 16.2. The Balaban J connectivity index is 1.76. The highest BCUT2D eigenvalue weighted by molar-refractivity contribution is 5.93. The first-order valence-electron chi connectivity index (χ1n) is 7.47. The number of pyridine rings is 1. The van der Waals surface area contributed by atoms with E-state index in [-0.39, 0.29) is 12.0 Å². The summed E-state index contributed by atoms with van der Waals surface area (Å²) in [6.07, 6.45) is 2.78. The van der Waals surface area contributed by atoms with Gasteiger partial charge in [0, 0.05) is 20.6 Å². The van der Waals surface area contributed by atoms with E-state index in [4.69, 9.17) is 4.74 Å². The molecule has 23 heavy (non-hydrogen) atoms. The topological polar surface area (TPSA) is 71.5 Å². The number of hydrogen-bond acceptors (Lipinski definition) is 6. The van der Waals surface area contributed by atoms with Gasteiger partial charge in [-0.1, -0.05) is 6.07 Å². The molecule has 2 aromatic heterocycles. The van der Waals surface area contributed by atoms with Crippen LogP contribution in [-0.4, -0.2) is 59.8 Å². The molecule has 7 nitrogen and oxygen atoms in total. The fourth-order valence-corrected chi connectivity index (χ4v) is 2.48. The van der Waals surface area contributed by atoms with E-state index in [1.54, 1.807) is 11.0 Å². The molecule has 0 aromatic carbocycles. The van der Waals surface area contributed by atoms with Gasteiger partial charge in [0.2, 0.25) is 0 Å². The highest BCUT2D eigenvalue weighted by Gasteiger charge is 2.27. The van der Waals surface area contributed by atoms with Crippen molar-refractivity contribution in [2.24, 2.45) is 0 Å². The summed E-state index contributed by atoms with van der Waals surface area (Å²) in [5.74, 6) is 0.810. The molecule has 0 saturated carbocycles. The zero-order valence-electron chi connectivity index (χ0n) is 13.2. The van der Waals surface area contributed by atoms with Gasteiger partial charge in [0.25, 0.3) is 5.91 Å². The summed E-state index contributed by atoms with van der Waals surface area (Å²) in [5.41, 5.74) is 1.37. The predicted octanol–water partition coefficient (Wildman–Crippen LogP) is 1.15. The number of carbonyl (C=O) groups excluding carboxylic acids is 1. The van der Waals surface area contributed by atoms with Crippen molar-refractivity contribution in [3.05, 3.63) is 47.9 Å². The predicted molar refractivity (Wildman–Crippen MR) is 85.2 cm³/mol. The molecule has 0 spiro atoms. The molecule has 0 radical (unpaired) electrons. The highest BCUT2D eigenvalue weighted by Crippen LogP contribution is 2.23. The van der Waals surface area contributed by atoms with Crippen LogP contribution in [0, 0.1) is 0 Å². The van der Waals surface area contributed by atoms with E-state index in [0.717, 1.165) is 11.5 Å². The van der Waals surface area contributed by atoms with E-state index >= 15 is 0 Å². The van der Waals surface area contributed by atoms with E-state index in [0.29, 0.717) is 25.3 Å². The first kappa shape index (κ1) is 15.4. The summed E-state index contributed by atoms with van der Waals surface area (Å²) >= 11 is 0. The van der Waals surface area contributed by atoms with Crippen LogP contribution in [0.5, 0.6) is 0 Å². The molecule has 3 heterocycles. The molecule has 0 bridgehead atoms. The van der Waals surface area contributed by atoms with Crippen LogP contribution in [0.15, 0.2) is 36.7 Å². The van der Waals surface area contributed by atoms with Crippen LogP contribution in [0.4, 0.5) is 5.82 Å². The minimum Gasteiger partial charge on any atom is -0.368 e. The quantitative estimate of drug-likeness (QED) is 0.846. The van der Waals surface area contributed by atoms with Crippen molar-refractivity contribution in [3.8, 4) is 0 Å². The van der Waals surface area contributed by atoms with E-state index in [2.05, 4.69) is 15.2 Å². The smallest absolute Gasteiger partial charge is 0.255 e. The fraction of sp³-hybridized carbons (Fsp3) is 0.375. The maximum Gasteiger partial charge on any atom is 0.255 e. The number of aromatic nitrogens is 3. The Morgan fingerprint density at radius 2 is 2.17 bits per heavy atom. The van der Waals surface area contributed by atoms with Crippen molar-refractivity contribution < 1.29 is 9.53 Å². The van der Waals surface area contributed by atoms with Gasteiger partial charge in [0.15, 0.2) is 0 Å². The Morgan fingerprint density at radius 1 is 1.30 bits per heavy atom. The number of carbonyl (C=O) groups is 1. The minimum atomic E-state index is -0.220. The van der Waals surface area contributed by atoms with Gasteiger partial charge in [0.1, 0.15) is 11.9 Å². The normalized spacial score (nSPS) is 17.8. The van der Waals surface area contributed by atoms with Crippen LogP contribution in [0.1, 0.15) is 22.2 Å². The molecule has 3 rings (SSSR count). The summed E-state index contributed by atoms with van der Waals surface area (Å²) in [7, 11) is 3.89. The van der Waals surface area contributed by atoms with Gasteiger partial charge in [-0.2, -0.15) is 10.2 Å². The zero-order valence-corrected chi connectivity index (χ0v) is 13.2. The second-order valence-corrected chi connectivity index (χ2v) is 5.56. The lowest BCUT2D eigenvalue weighted by atomic mass is 10.1. The Hall–Kier alpha value is -2.54. The van der Waals surface area contributed by atoms with Gasteiger partial charge in [0.05, 0.1) is 36.8 Å².